The Balaban J connectivity index is 1.58. The number of aldehydes is 1. The molecule has 5 rings (SSSR count). The quantitative estimate of drug-likeness (QED) is 0.483. The summed E-state index contributed by atoms with van der Waals surface area (Å²) in [5, 5.41) is 9.17. The summed E-state index contributed by atoms with van der Waals surface area (Å²) in [7, 11) is 2.07. The van der Waals surface area contributed by atoms with Gasteiger partial charge in [0.2, 0.25) is 0 Å². The highest BCUT2D eigenvalue weighted by Crippen LogP contribution is 2.59. The molecule has 0 aliphatic heterocycles. The van der Waals surface area contributed by atoms with Gasteiger partial charge >= 0.3 is 0 Å². The molecule has 3 saturated carbocycles. The van der Waals surface area contributed by atoms with Crippen LogP contribution in [0.1, 0.15) is 87.3 Å². The molecule has 3 aliphatic rings. The summed E-state index contributed by atoms with van der Waals surface area (Å²) in [5.74, 6) is 1.94. The van der Waals surface area contributed by atoms with Crippen molar-refractivity contribution in [2.24, 2.45) is 12.5 Å². The van der Waals surface area contributed by atoms with Gasteiger partial charge in [-0.15, -0.1) is 10.2 Å². The van der Waals surface area contributed by atoms with Gasteiger partial charge in [-0.25, -0.2) is 0 Å². The van der Waals surface area contributed by atoms with Crippen molar-refractivity contribution in [2.45, 2.75) is 76.5 Å². The van der Waals surface area contributed by atoms with E-state index >= 15 is 0 Å². The third-order valence-corrected chi connectivity index (χ3v) is 7.39. The molecule has 0 saturated heterocycles. The Morgan fingerprint density at radius 1 is 1.04 bits per heavy atom. The molecule has 4 heteroatoms. The number of fused-ring (bicyclic) bond motifs is 3. The third kappa shape index (κ3) is 3.13. The van der Waals surface area contributed by atoms with Crippen molar-refractivity contribution in [3.63, 3.8) is 0 Å². The van der Waals surface area contributed by atoms with Gasteiger partial charge in [-0.2, -0.15) is 0 Å². The minimum Gasteiger partial charge on any atom is -0.314 e. The van der Waals surface area contributed by atoms with E-state index < -0.39 is 0 Å². The number of carbonyl (C=O) groups is 1. The second-order valence-electron chi connectivity index (χ2n) is 8.85. The van der Waals surface area contributed by atoms with Crippen LogP contribution in [0.2, 0.25) is 0 Å². The molecule has 4 nitrogen and oxygen atoms in total. The van der Waals surface area contributed by atoms with E-state index in [2.05, 4.69) is 28.7 Å². The van der Waals surface area contributed by atoms with Gasteiger partial charge in [0.25, 0.3) is 0 Å². The van der Waals surface area contributed by atoms with Crippen molar-refractivity contribution in [3.8, 4) is 11.4 Å². The van der Waals surface area contributed by atoms with Crippen LogP contribution in [-0.2, 0) is 12.5 Å². The summed E-state index contributed by atoms with van der Waals surface area (Å²) < 4.78 is 2.15. The van der Waals surface area contributed by atoms with Crippen molar-refractivity contribution in [1.82, 2.24) is 14.8 Å². The lowest BCUT2D eigenvalue weighted by Gasteiger charge is -2.53. The van der Waals surface area contributed by atoms with E-state index in [1.165, 1.54) is 64.2 Å². The maximum Gasteiger partial charge on any atom is 0.164 e. The number of aromatic nitrogens is 3. The Labute approximate surface area is 162 Å². The van der Waals surface area contributed by atoms with Crippen LogP contribution in [0, 0.1) is 5.41 Å². The Bertz CT molecular complexity index is 798. The average molecular weight is 366 g/mol. The van der Waals surface area contributed by atoms with Gasteiger partial charge in [-0.1, -0.05) is 50.5 Å². The molecular formula is C23H31N3O. The zero-order valence-corrected chi connectivity index (χ0v) is 16.7. The summed E-state index contributed by atoms with van der Waals surface area (Å²) in [5.41, 5.74) is 2.34. The molecule has 0 amide bonds. The Morgan fingerprint density at radius 3 is 2.41 bits per heavy atom. The molecule has 3 aliphatic carbocycles. The van der Waals surface area contributed by atoms with Gasteiger partial charge in [0, 0.05) is 23.6 Å². The molecule has 144 valence electrons. The lowest BCUT2D eigenvalue weighted by atomic mass is 9.52. The normalized spacial score (nSPS) is 27.0. The SMILES string of the molecule is CCCCCC12CCC(c3nnc(-c4ccccc4C=O)n3C)(CC1)CC2. The lowest BCUT2D eigenvalue weighted by molar-refractivity contribution is 0.0250. The Hall–Kier alpha value is -1.97. The second kappa shape index (κ2) is 7.21. The zero-order chi connectivity index (χ0) is 18.9. The highest BCUT2D eigenvalue weighted by atomic mass is 16.1. The summed E-state index contributed by atoms with van der Waals surface area (Å²) in [6, 6.07) is 7.67. The molecule has 1 heterocycles. The Kier molecular flexibility index (Phi) is 4.92. The van der Waals surface area contributed by atoms with E-state index in [9.17, 15) is 4.79 Å². The fourth-order valence-electron chi connectivity index (χ4n) is 5.55. The van der Waals surface area contributed by atoms with Gasteiger partial charge in [-0.3, -0.25) is 4.79 Å². The summed E-state index contributed by atoms with van der Waals surface area (Å²) in [4.78, 5) is 11.4. The first kappa shape index (κ1) is 18.4. The average Bonchev–Trinajstić information content (AvgIpc) is 3.11. The molecule has 27 heavy (non-hydrogen) atoms. The number of hydrogen-bond donors (Lipinski definition) is 0. The maximum absolute atomic E-state index is 11.4. The molecule has 3 fully saturated rings. The largest absolute Gasteiger partial charge is 0.314 e. The van der Waals surface area contributed by atoms with Gasteiger partial charge in [0.05, 0.1) is 0 Å². The molecule has 0 spiro atoms. The fourth-order valence-corrected chi connectivity index (χ4v) is 5.55. The van der Waals surface area contributed by atoms with E-state index in [1.807, 2.05) is 24.3 Å². The molecule has 0 N–H and O–H groups in total. The van der Waals surface area contributed by atoms with Gasteiger partial charge in [0.15, 0.2) is 12.1 Å². The van der Waals surface area contributed by atoms with Crippen LogP contribution in [0.15, 0.2) is 24.3 Å². The molecule has 0 atom stereocenters. The Morgan fingerprint density at radius 2 is 1.74 bits per heavy atom. The van der Waals surface area contributed by atoms with Gasteiger partial charge < -0.3 is 4.57 Å². The second-order valence-corrected chi connectivity index (χ2v) is 8.85. The monoisotopic (exact) mass is 365 g/mol. The molecule has 1 aromatic carbocycles. The van der Waals surface area contributed by atoms with Gasteiger partial charge in [0.1, 0.15) is 5.82 Å². The van der Waals surface area contributed by atoms with Gasteiger partial charge in [-0.05, 0) is 50.4 Å². The summed E-state index contributed by atoms with van der Waals surface area (Å²) in [6.07, 6.45) is 14.1. The smallest absolute Gasteiger partial charge is 0.164 e. The molecular weight excluding hydrogens is 334 g/mol. The van der Waals surface area contributed by atoms with Crippen LogP contribution in [0.5, 0.6) is 0 Å². The van der Waals surface area contributed by atoms with Crippen molar-refractivity contribution in [1.29, 1.82) is 0 Å². The van der Waals surface area contributed by atoms with E-state index in [4.69, 9.17) is 0 Å². The standard InChI is InChI=1S/C23H31N3O/c1-3-4-7-10-22-11-14-23(15-12-22,16-13-22)21-25-24-20(26(21)2)19-9-6-5-8-18(19)17-27/h5-6,8-9,17H,3-4,7,10-16H2,1-2H3. The van der Waals surface area contributed by atoms with Crippen molar-refractivity contribution >= 4 is 6.29 Å². The van der Waals surface area contributed by atoms with E-state index in [0.29, 0.717) is 11.0 Å². The van der Waals surface area contributed by atoms with Crippen LogP contribution in [0.4, 0.5) is 0 Å². The van der Waals surface area contributed by atoms with E-state index in [0.717, 1.165) is 23.5 Å². The number of hydrogen-bond acceptors (Lipinski definition) is 3. The molecule has 1 aromatic heterocycles. The lowest BCUT2D eigenvalue weighted by Crippen LogP contribution is -2.45. The van der Waals surface area contributed by atoms with Crippen LogP contribution in [0.25, 0.3) is 11.4 Å². The molecule has 2 bridgehead atoms. The fraction of sp³-hybridized carbons (Fsp3) is 0.609. The molecule has 2 aromatic rings. The number of unbranched alkanes of at least 4 members (excludes halogenated alkanes) is 2. The number of rotatable bonds is 7. The molecule has 0 unspecified atom stereocenters. The third-order valence-electron chi connectivity index (χ3n) is 7.39. The van der Waals surface area contributed by atoms with Crippen molar-refractivity contribution < 1.29 is 4.79 Å². The summed E-state index contributed by atoms with van der Waals surface area (Å²) >= 11 is 0. The number of benzene rings is 1. The van der Waals surface area contributed by atoms with Crippen LogP contribution >= 0.6 is 0 Å². The first-order chi connectivity index (χ1) is 13.1. The first-order valence-corrected chi connectivity index (χ1v) is 10.6. The minimum absolute atomic E-state index is 0.183. The number of carbonyl (C=O) groups excluding carboxylic acids is 1. The highest BCUT2D eigenvalue weighted by molar-refractivity contribution is 5.85. The maximum atomic E-state index is 11.4. The summed E-state index contributed by atoms with van der Waals surface area (Å²) in [6.45, 7) is 2.29. The van der Waals surface area contributed by atoms with Crippen LogP contribution in [0.3, 0.4) is 0 Å². The van der Waals surface area contributed by atoms with Crippen LogP contribution in [-0.4, -0.2) is 21.1 Å². The van der Waals surface area contributed by atoms with Crippen molar-refractivity contribution in [2.75, 3.05) is 0 Å². The highest BCUT2D eigenvalue weighted by Gasteiger charge is 2.51. The predicted molar refractivity (Wildman–Crippen MR) is 108 cm³/mol. The number of nitrogens with zero attached hydrogens (tertiary/aromatic N) is 3. The first-order valence-electron chi connectivity index (χ1n) is 10.6. The van der Waals surface area contributed by atoms with Crippen LogP contribution < -0.4 is 0 Å². The topological polar surface area (TPSA) is 47.8 Å². The predicted octanol–water partition coefficient (Wildman–Crippen LogP) is 5.47. The molecule has 0 radical (unpaired) electrons. The van der Waals surface area contributed by atoms with E-state index in [1.54, 1.807) is 0 Å². The zero-order valence-electron chi connectivity index (χ0n) is 16.7. The van der Waals surface area contributed by atoms with E-state index in [-0.39, 0.29) is 5.41 Å². The van der Waals surface area contributed by atoms with Crippen molar-refractivity contribution in [3.05, 3.63) is 35.7 Å². The minimum atomic E-state index is 0.183.